The predicted molar refractivity (Wildman–Crippen MR) is 98.9 cm³/mol. The third-order valence-electron chi connectivity index (χ3n) is 4.09. The summed E-state index contributed by atoms with van der Waals surface area (Å²) in [6.45, 7) is 0.188. The minimum Gasteiger partial charge on any atom is -0.396 e. The van der Waals surface area contributed by atoms with Crippen LogP contribution in [0.5, 0.6) is 0 Å². The number of anilines is 2. The summed E-state index contributed by atoms with van der Waals surface area (Å²) >= 11 is 12.0. The predicted octanol–water partition coefficient (Wildman–Crippen LogP) is 4.35. The van der Waals surface area contributed by atoms with E-state index in [0.717, 1.165) is 19.3 Å². The summed E-state index contributed by atoms with van der Waals surface area (Å²) in [4.78, 5) is 8.15. The molecule has 1 heterocycles. The second kappa shape index (κ2) is 7.95. The van der Waals surface area contributed by atoms with E-state index in [2.05, 4.69) is 25.5 Å². The zero-order chi connectivity index (χ0) is 17.8. The highest BCUT2D eigenvalue weighted by molar-refractivity contribution is 6.32. The number of nitrogens with zero attached hydrogens (tertiary/aromatic N) is 4. The fourth-order valence-electron chi connectivity index (χ4n) is 2.81. The van der Waals surface area contributed by atoms with Crippen LogP contribution in [-0.4, -0.2) is 27.7 Å². The molecule has 0 unspecified atom stereocenters. The molecule has 1 fully saturated rings. The number of aliphatic hydroxyl groups excluding tert-OH is 1. The Hall–Kier alpha value is -1.96. The Morgan fingerprint density at radius 2 is 1.92 bits per heavy atom. The lowest BCUT2D eigenvalue weighted by molar-refractivity contribution is 0.229. The highest BCUT2D eigenvalue weighted by atomic mass is 35.5. The van der Waals surface area contributed by atoms with Crippen molar-refractivity contribution in [1.29, 1.82) is 0 Å². The number of nitrogen functional groups attached to an aromatic ring is 1. The molecule has 1 saturated carbocycles. The zero-order valence-electron chi connectivity index (χ0n) is 13.4. The van der Waals surface area contributed by atoms with Crippen LogP contribution in [0.25, 0.3) is 0 Å². The maximum atomic E-state index is 9.29. The van der Waals surface area contributed by atoms with Gasteiger partial charge in [0.1, 0.15) is 0 Å². The van der Waals surface area contributed by atoms with Gasteiger partial charge >= 0.3 is 0 Å². The van der Waals surface area contributed by atoms with Gasteiger partial charge in [0.15, 0.2) is 16.7 Å². The number of rotatable bonds is 5. The highest BCUT2D eigenvalue weighted by Crippen LogP contribution is 2.35. The second-order valence-electron chi connectivity index (χ2n) is 5.95. The van der Waals surface area contributed by atoms with E-state index in [1.165, 1.54) is 0 Å². The van der Waals surface area contributed by atoms with Gasteiger partial charge in [0.05, 0.1) is 5.69 Å². The fraction of sp³-hybridized carbons (Fsp3) is 0.375. The number of aromatic nitrogens is 2. The molecule has 0 saturated heterocycles. The van der Waals surface area contributed by atoms with Crippen molar-refractivity contribution in [3.05, 3.63) is 34.4 Å². The van der Waals surface area contributed by atoms with Gasteiger partial charge in [-0.3, -0.25) is 0 Å². The van der Waals surface area contributed by atoms with E-state index in [1.807, 2.05) is 0 Å². The van der Waals surface area contributed by atoms with Crippen LogP contribution in [0, 0.1) is 5.92 Å². The molecule has 3 rings (SSSR count). The molecule has 0 aliphatic heterocycles. The normalized spacial score (nSPS) is 20.3. The maximum Gasteiger partial charge on any atom is 0.223 e. The van der Waals surface area contributed by atoms with E-state index in [9.17, 15) is 5.11 Å². The average molecular weight is 381 g/mol. The molecule has 9 heteroatoms. The summed E-state index contributed by atoms with van der Waals surface area (Å²) in [5.41, 5.74) is 6.67. The highest BCUT2D eigenvalue weighted by Gasteiger charge is 2.25. The molecule has 132 valence electrons. The summed E-state index contributed by atoms with van der Waals surface area (Å²) in [7, 11) is 0. The summed E-state index contributed by atoms with van der Waals surface area (Å²) in [6, 6.07) is 7.11. The number of hydrogen-bond acceptors (Lipinski definition) is 7. The number of benzene rings is 1. The molecule has 4 N–H and O–H groups in total. The molecule has 1 aliphatic rings. The third kappa shape index (κ3) is 4.56. The summed E-state index contributed by atoms with van der Waals surface area (Å²) < 4.78 is 0. The first-order valence-electron chi connectivity index (χ1n) is 7.93. The Morgan fingerprint density at radius 3 is 2.60 bits per heavy atom. The van der Waals surface area contributed by atoms with E-state index in [4.69, 9.17) is 28.9 Å². The van der Waals surface area contributed by atoms with Crippen molar-refractivity contribution in [1.82, 2.24) is 9.97 Å². The van der Waals surface area contributed by atoms with Crippen molar-refractivity contribution in [2.75, 3.05) is 17.7 Å². The van der Waals surface area contributed by atoms with Crippen LogP contribution in [0.1, 0.15) is 19.3 Å². The van der Waals surface area contributed by atoms with Crippen molar-refractivity contribution >= 4 is 46.3 Å². The summed E-state index contributed by atoms with van der Waals surface area (Å²) in [5, 5.41) is 21.7. The Morgan fingerprint density at radius 1 is 1.16 bits per heavy atom. The van der Waals surface area contributed by atoms with Crippen LogP contribution in [0.15, 0.2) is 34.5 Å². The van der Waals surface area contributed by atoms with E-state index < -0.39 is 0 Å². The lowest BCUT2D eigenvalue weighted by atomic mass is 10.1. The number of nitrogens with two attached hydrogens (primary N) is 1. The molecule has 1 aromatic carbocycles. The molecule has 7 nitrogen and oxygen atoms in total. The van der Waals surface area contributed by atoms with Gasteiger partial charge in [-0.25, -0.2) is 0 Å². The van der Waals surface area contributed by atoms with Gasteiger partial charge in [-0.05, 0) is 49.4 Å². The average Bonchev–Trinajstić information content (AvgIpc) is 3.03. The lowest BCUT2D eigenvalue weighted by Gasteiger charge is -2.15. The molecule has 1 aliphatic carbocycles. The Balaban J connectivity index is 1.83. The van der Waals surface area contributed by atoms with Gasteiger partial charge in [0, 0.05) is 17.7 Å². The van der Waals surface area contributed by atoms with Crippen molar-refractivity contribution < 1.29 is 5.11 Å². The minimum atomic E-state index is 0.0645. The first-order valence-corrected chi connectivity index (χ1v) is 8.68. The summed E-state index contributed by atoms with van der Waals surface area (Å²) in [6.07, 6.45) is 2.75. The van der Waals surface area contributed by atoms with Crippen LogP contribution in [-0.2, 0) is 0 Å². The smallest absolute Gasteiger partial charge is 0.223 e. The minimum absolute atomic E-state index is 0.0645. The Kier molecular flexibility index (Phi) is 5.67. The topological polar surface area (TPSA) is 109 Å². The van der Waals surface area contributed by atoms with Crippen molar-refractivity contribution in [3.63, 3.8) is 0 Å². The second-order valence-corrected chi connectivity index (χ2v) is 6.74. The Labute approximate surface area is 155 Å². The quantitative estimate of drug-likeness (QED) is 0.527. The molecular weight excluding hydrogens is 363 g/mol. The molecular formula is C16H18Cl2N6O. The van der Waals surface area contributed by atoms with E-state index in [1.54, 1.807) is 24.3 Å². The number of azo groups is 1. The van der Waals surface area contributed by atoms with E-state index in [-0.39, 0.29) is 23.8 Å². The molecule has 0 amide bonds. The summed E-state index contributed by atoms with van der Waals surface area (Å²) in [5.74, 6) is 0.805. The van der Waals surface area contributed by atoms with E-state index in [0.29, 0.717) is 28.1 Å². The number of halogens is 2. The van der Waals surface area contributed by atoms with E-state index >= 15 is 0 Å². The molecule has 0 spiro atoms. The monoisotopic (exact) mass is 380 g/mol. The standard InChI is InChI=1S/C16H18Cl2N6O/c17-10-2-5-11(6-3-10)23-24-13-14(18)21-16(19)22-15(13)20-12-4-1-9(7-12)8-25/h2-3,5-6,9,12,25H,1,4,7-8H2,(H3,19,20,21,22)/b24-23+/t9-,12+/m1/s1. The van der Waals surface area contributed by atoms with Crippen LogP contribution >= 0.6 is 23.2 Å². The Bertz CT molecular complexity index is 768. The number of aliphatic hydroxyl groups is 1. The first kappa shape index (κ1) is 17.8. The largest absolute Gasteiger partial charge is 0.396 e. The molecule has 0 radical (unpaired) electrons. The number of hydrogen-bond donors (Lipinski definition) is 3. The lowest BCUT2D eigenvalue weighted by Crippen LogP contribution is -2.18. The first-order chi connectivity index (χ1) is 12.0. The van der Waals surface area contributed by atoms with Gasteiger partial charge in [-0.2, -0.15) is 15.1 Å². The fourth-order valence-corrected chi connectivity index (χ4v) is 3.15. The molecule has 1 aromatic heterocycles. The molecule has 2 atom stereocenters. The number of nitrogens with one attached hydrogen (secondary N) is 1. The van der Waals surface area contributed by atoms with Crippen LogP contribution < -0.4 is 11.1 Å². The third-order valence-corrected chi connectivity index (χ3v) is 4.61. The maximum absolute atomic E-state index is 9.29. The van der Waals surface area contributed by atoms with Gasteiger partial charge in [0.2, 0.25) is 5.95 Å². The van der Waals surface area contributed by atoms with Gasteiger partial charge < -0.3 is 16.2 Å². The van der Waals surface area contributed by atoms with Gasteiger partial charge in [-0.1, -0.05) is 23.2 Å². The molecule has 25 heavy (non-hydrogen) atoms. The van der Waals surface area contributed by atoms with Crippen LogP contribution in [0.4, 0.5) is 23.1 Å². The van der Waals surface area contributed by atoms with Gasteiger partial charge in [-0.15, -0.1) is 5.11 Å². The van der Waals surface area contributed by atoms with Crippen LogP contribution in [0.3, 0.4) is 0 Å². The van der Waals surface area contributed by atoms with Gasteiger partial charge in [0.25, 0.3) is 0 Å². The molecule has 0 bridgehead atoms. The van der Waals surface area contributed by atoms with Crippen molar-refractivity contribution in [2.45, 2.75) is 25.3 Å². The molecule has 2 aromatic rings. The van der Waals surface area contributed by atoms with Crippen molar-refractivity contribution in [2.24, 2.45) is 16.1 Å². The SMILES string of the molecule is Nc1nc(Cl)c(/N=N/c2ccc(Cl)cc2)c(N[C@H]2CC[C@@H](CO)C2)n1. The van der Waals surface area contributed by atoms with Crippen molar-refractivity contribution in [3.8, 4) is 0 Å². The van der Waals surface area contributed by atoms with Crippen LogP contribution in [0.2, 0.25) is 10.2 Å². The zero-order valence-corrected chi connectivity index (χ0v) is 14.9.